The molecule has 0 unspecified atom stereocenters. The minimum absolute atomic E-state index is 1.01. The number of benzene rings is 1. The van der Waals surface area contributed by atoms with Crippen LogP contribution in [0.3, 0.4) is 0 Å². The van der Waals surface area contributed by atoms with Crippen LogP contribution in [0.4, 0.5) is 0 Å². The molecule has 0 spiro atoms. The summed E-state index contributed by atoms with van der Waals surface area (Å²) in [6.07, 6.45) is 4.18. The highest BCUT2D eigenvalue weighted by Gasteiger charge is 2.06. The molecule has 1 nitrogen and oxygen atoms in total. The highest BCUT2D eigenvalue weighted by atomic mass is 16.3. The summed E-state index contributed by atoms with van der Waals surface area (Å²) in [6.45, 7) is 0. The van der Waals surface area contributed by atoms with Crippen LogP contribution in [-0.4, -0.2) is 0 Å². The molecule has 4 rings (SSSR count). The van der Waals surface area contributed by atoms with E-state index in [9.17, 15) is 0 Å². The smallest absolute Gasteiger partial charge is 0.104 e. The summed E-state index contributed by atoms with van der Waals surface area (Å²) in [5.41, 5.74) is 2.80. The first-order valence-electron chi connectivity index (χ1n) is 5.55. The maximum Gasteiger partial charge on any atom is 0.104 e. The summed E-state index contributed by atoms with van der Waals surface area (Å²) in [6, 6.07) is 13.2. The zero-order chi connectivity index (χ0) is 10.1. The number of aryl methyl sites for hydroxylation is 4. The SMILES string of the molecule is c1cc2ccc1CCc1ccc(o1)CC2. The Balaban J connectivity index is 1.97. The predicted octanol–water partition coefficient (Wildman–Crippen LogP) is 3.16. The zero-order valence-electron chi connectivity index (χ0n) is 8.70. The van der Waals surface area contributed by atoms with Crippen molar-refractivity contribution >= 4 is 0 Å². The summed E-state index contributed by atoms with van der Waals surface area (Å²) in [5, 5.41) is 0. The lowest BCUT2D eigenvalue weighted by Gasteiger charge is -2.01. The average molecular weight is 198 g/mol. The van der Waals surface area contributed by atoms with Gasteiger partial charge < -0.3 is 4.42 Å². The third-order valence-corrected chi connectivity index (χ3v) is 3.06. The van der Waals surface area contributed by atoms with Crippen molar-refractivity contribution in [2.24, 2.45) is 0 Å². The average Bonchev–Trinajstić information content (AvgIpc) is 2.69. The Morgan fingerprint density at radius 3 is 1.53 bits per heavy atom. The van der Waals surface area contributed by atoms with Crippen LogP contribution in [0, 0.1) is 0 Å². The van der Waals surface area contributed by atoms with Gasteiger partial charge in [0.05, 0.1) is 0 Å². The second-order valence-corrected chi connectivity index (χ2v) is 4.18. The van der Waals surface area contributed by atoms with Crippen molar-refractivity contribution in [1.82, 2.24) is 0 Å². The predicted molar refractivity (Wildman–Crippen MR) is 60.0 cm³/mol. The molecular formula is C14H14O. The molecule has 1 heteroatoms. The van der Waals surface area contributed by atoms with Crippen LogP contribution < -0.4 is 0 Å². The minimum atomic E-state index is 1.01. The first kappa shape index (κ1) is 8.78. The molecule has 1 aromatic heterocycles. The van der Waals surface area contributed by atoms with Gasteiger partial charge in [-0.15, -0.1) is 0 Å². The summed E-state index contributed by atoms with van der Waals surface area (Å²) in [7, 11) is 0. The Morgan fingerprint density at radius 1 is 0.600 bits per heavy atom. The van der Waals surface area contributed by atoms with Gasteiger partial charge in [0.15, 0.2) is 0 Å². The van der Waals surface area contributed by atoms with Gasteiger partial charge in [-0.1, -0.05) is 24.3 Å². The highest BCUT2D eigenvalue weighted by molar-refractivity contribution is 5.25. The van der Waals surface area contributed by atoms with Crippen LogP contribution in [0.5, 0.6) is 0 Å². The van der Waals surface area contributed by atoms with Gasteiger partial charge in [0, 0.05) is 12.8 Å². The summed E-state index contributed by atoms with van der Waals surface area (Å²) < 4.78 is 5.76. The first-order chi connectivity index (χ1) is 7.40. The van der Waals surface area contributed by atoms with Crippen molar-refractivity contribution < 1.29 is 4.42 Å². The number of furan rings is 1. The second-order valence-electron chi connectivity index (χ2n) is 4.18. The fourth-order valence-electron chi connectivity index (χ4n) is 2.10. The monoisotopic (exact) mass is 198 g/mol. The van der Waals surface area contributed by atoms with E-state index in [1.54, 1.807) is 0 Å². The third kappa shape index (κ3) is 1.82. The Labute approximate surface area is 89.7 Å². The quantitative estimate of drug-likeness (QED) is 0.633. The fourth-order valence-corrected chi connectivity index (χ4v) is 2.10. The molecule has 0 aliphatic carbocycles. The lowest BCUT2D eigenvalue weighted by atomic mass is 10.0. The Kier molecular flexibility index (Phi) is 2.09. The van der Waals surface area contributed by atoms with Crippen LogP contribution in [-0.2, 0) is 25.7 Å². The topological polar surface area (TPSA) is 13.1 Å². The summed E-state index contributed by atoms with van der Waals surface area (Å²) in [4.78, 5) is 0. The van der Waals surface area contributed by atoms with Crippen molar-refractivity contribution in [1.29, 1.82) is 0 Å². The zero-order valence-corrected chi connectivity index (χ0v) is 8.70. The van der Waals surface area contributed by atoms with E-state index in [0.717, 1.165) is 37.2 Å². The molecule has 4 bridgehead atoms. The van der Waals surface area contributed by atoms with E-state index in [1.165, 1.54) is 11.1 Å². The molecule has 3 heterocycles. The summed E-state index contributed by atoms with van der Waals surface area (Å²) >= 11 is 0. The molecule has 2 aliphatic heterocycles. The van der Waals surface area contributed by atoms with E-state index in [4.69, 9.17) is 4.42 Å². The van der Waals surface area contributed by atoms with E-state index < -0.39 is 0 Å². The molecule has 2 aliphatic rings. The number of hydrogen-bond donors (Lipinski definition) is 0. The molecule has 0 N–H and O–H groups in total. The van der Waals surface area contributed by atoms with E-state index >= 15 is 0 Å². The van der Waals surface area contributed by atoms with Gasteiger partial charge in [-0.3, -0.25) is 0 Å². The van der Waals surface area contributed by atoms with Gasteiger partial charge >= 0.3 is 0 Å². The second kappa shape index (κ2) is 3.58. The molecule has 0 radical (unpaired) electrons. The standard InChI is InChI=1S/C14H14O/c1-2-12-4-3-11(1)5-7-13-9-10-14(15-13)8-6-12/h1-4,9-10H,5-8H2. The van der Waals surface area contributed by atoms with E-state index in [-0.39, 0.29) is 0 Å². The van der Waals surface area contributed by atoms with Crippen LogP contribution in [0.1, 0.15) is 22.6 Å². The highest BCUT2D eigenvalue weighted by Crippen LogP contribution is 2.16. The number of hydrogen-bond acceptors (Lipinski definition) is 1. The molecule has 0 atom stereocenters. The van der Waals surface area contributed by atoms with Crippen molar-refractivity contribution in [2.75, 3.05) is 0 Å². The number of fused-ring (bicyclic) bond motifs is 4. The molecular weight excluding hydrogens is 184 g/mol. The molecule has 0 saturated carbocycles. The molecule has 0 fully saturated rings. The first-order valence-corrected chi connectivity index (χ1v) is 5.55. The van der Waals surface area contributed by atoms with Crippen LogP contribution in [0.15, 0.2) is 40.8 Å². The Hall–Kier alpha value is -1.50. The molecule has 0 amide bonds. The Bertz CT molecular complexity index is 409. The van der Waals surface area contributed by atoms with Crippen molar-refractivity contribution in [3.63, 3.8) is 0 Å². The molecule has 2 aromatic rings. The van der Waals surface area contributed by atoms with Gasteiger partial charge in [0.1, 0.15) is 11.5 Å². The molecule has 1 aromatic carbocycles. The van der Waals surface area contributed by atoms with Crippen molar-refractivity contribution in [2.45, 2.75) is 25.7 Å². The number of rotatable bonds is 0. The van der Waals surface area contributed by atoms with Gasteiger partial charge in [0.25, 0.3) is 0 Å². The van der Waals surface area contributed by atoms with E-state index in [2.05, 4.69) is 36.4 Å². The Morgan fingerprint density at radius 2 is 1.07 bits per heavy atom. The van der Waals surface area contributed by atoms with Crippen LogP contribution >= 0.6 is 0 Å². The van der Waals surface area contributed by atoms with Crippen LogP contribution in [0.25, 0.3) is 0 Å². The maximum atomic E-state index is 5.76. The van der Waals surface area contributed by atoms with Crippen LogP contribution in [0.2, 0.25) is 0 Å². The van der Waals surface area contributed by atoms with Crippen molar-refractivity contribution in [3.05, 3.63) is 59.0 Å². The minimum Gasteiger partial charge on any atom is -0.466 e. The van der Waals surface area contributed by atoms with Gasteiger partial charge in [-0.2, -0.15) is 0 Å². The summed E-state index contributed by atoms with van der Waals surface area (Å²) in [5.74, 6) is 2.24. The maximum absolute atomic E-state index is 5.76. The van der Waals surface area contributed by atoms with E-state index in [0.29, 0.717) is 0 Å². The normalized spacial score (nSPS) is 14.9. The van der Waals surface area contributed by atoms with E-state index in [1.807, 2.05) is 0 Å². The molecule has 76 valence electrons. The van der Waals surface area contributed by atoms with Crippen molar-refractivity contribution in [3.8, 4) is 0 Å². The largest absolute Gasteiger partial charge is 0.466 e. The lowest BCUT2D eigenvalue weighted by Crippen LogP contribution is -1.91. The lowest BCUT2D eigenvalue weighted by molar-refractivity contribution is 0.464. The van der Waals surface area contributed by atoms with Gasteiger partial charge in [-0.25, -0.2) is 0 Å². The van der Waals surface area contributed by atoms with Gasteiger partial charge in [0.2, 0.25) is 0 Å². The molecule has 15 heavy (non-hydrogen) atoms. The van der Waals surface area contributed by atoms with Gasteiger partial charge in [-0.05, 0) is 36.1 Å². The third-order valence-electron chi connectivity index (χ3n) is 3.06. The molecule has 0 saturated heterocycles. The fraction of sp³-hybridized carbons (Fsp3) is 0.286.